The predicted molar refractivity (Wildman–Crippen MR) is 58.6 cm³/mol. The molecular formula is C8H8N2S2. The Morgan fingerprint density at radius 2 is 2.50 bits per heavy atom. The smallest absolute Gasteiger partial charge is 0.0658 e. The molecule has 0 spiro atoms. The van der Waals surface area contributed by atoms with E-state index in [9.17, 15) is 0 Å². The summed E-state index contributed by atoms with van der Waals surface area (Å²) in [5.41, 5.74) is 5.14. The van der Waals surface area contributed by atoms with Gasteiger partial charge in [0.15, 0.2) is 0 Å². The van der Waals surface area contributed by atoms with Gasteiger partial charge in [-0.1, -0.05) is 12.2 Å². The molecule has 0 fully saturated rings. The van der Waals surface area contributed by atoms with Gasteiger partial charge < -0.3 is 10.0 Å². The Hall–Kier alpha value is -0.740. The highest BCUT2D eigenvalue weighted by atomic mass is 32.2. The van der Waals surface area contributed by atoms with Crippen LogP contribution in [0.5, 0.6) is 0 Å². The van der Waals surface area contributed by atoms with Gasteiger partial charge in [-0.2, -0.15) is 0 Å². The van der Waals surface area contributed by atoms with Crippen molar-refractivity contribution < 1.29 is 0 Å². The van der Waals surface area contributed by atoms with Gasteiger partial charge in [0.25, 0.3) is 0 Å². The standard InChI is InChI=1S/C8H8N2S2/c11-5-9-7-1-2-8-6(3-7)4-12-10-8/h1-3,5,10H,4H2,(H,9,11). The summed E-state index contributed by atoms with van der Waals surface area (Å²) in [6.07, 6.45) is 0. The van der Waals surface area contributed by atoms with E-state index in [1.165, 1.54) is 16.7 Å². The Balaban J connectivity index is 2.32. The molecule has 12 heavy (non-hydrogen) atoms. The van der Waals surface area contributed by atoms with Crippen LogP contribution in [0, 0.1) is 0 Å². The summed E-state index contributed by atoms with van der Waals surface area (Å²) in [6.45, 7) is 0. The van der Waals surface area contributed by atoms with Crippen LogP contribution >= 0.6 is 24.2 Å². The van der Waals surface area contributed by atoms with Gasteiger partial charge in [-0.3, -0.25) is 0 Å². The minimum absolute atomic E-state index is 1.03. The minimum Gasteiger partial charge on any atom is -0.353 e. The first kappa shape index (κ1) is 7.89. The maximum Gasteiger partial charge on any atom is 0.0658 e. The molecule has 62 valence electrons. The normalized spacial score (nSPS) is 13.3. The summed E-state index contributed by atoms with van der Waals surface area (Å²) in [5.74, 6) is 1.03. The third-order valence-electron chi connectivity index (χ3n) is 1.74. The highest BCUT2D eigenvalue weighted by molar-refractivity contribution is 8.00. The van der Waals surface area contributed by atoms with Crippen LogP contribution in [-0.2, 0) is 5.75 Å². The quantitative estimate of drug-likeness (QED) is 0.561. The summed E-state index contributed by atoms with van der Waals surface area (Å²) in [4.78, 5) is 0. The molecule has 1 heterocycles. The van der Waals surface area contributed by atoms with Crippen LogP contribution in [-0.4, -0.2) is 5.49 Å². The number of hydrogen-bond acceptors (Lipinski definition) is 3. The van der Waals surface area contributed by atoms with Crippen LogP contribution in [0.2, 0.25) is 0 Å². The largest absolute Gasteiger partial charge is 0.353 e. The average Bonchev–Trinajstić information content (AvgIpc) is 2.51. The summed E-state index contributed by atoms with van der Waals surface area (Å²) in [6, 6.07) is 6.20. The second-order valence-electron chi connectivity index (χ2n) is 2.52. The van der Waals surface area contributed by atoms with E-state index in [1.807, 2.05) is 6.07 Å². The van der Waals surface area contributed by atoms with E-state index < -0.39 is 0 Å². The molecule has 2 nitrogen and oxygen atoms in total. The van der Waals surface area contributed by atoms with Crippen molar-refractivity contribution in [1.82, 2.24) is 0 Å². The van der Waals surface area contributed by atoms with Crippen LogP contribution in [0.25, 0.3) is 0 Å². The maximum atomic E-state index is 4.71. The zero-order valence-electron chi connectivity index (χ0n) is 6.33. The Labute approximate surface area is 80.9 Å². The molecule has 1 aliphatic heterocycles. The van der Waals surface area contributed by atoms with Gasteiger partial charge >= 0.3 is 0 Å². The SMILES string of the molecule is S=CNc1ccc2c(c1)CSN2. The summed E-state index contributed by atoms with van der Waals surface area (Å²) in [5, 5.41) is 2.99. The fraction of sp³-hybridized carbons (Fsp3) is 0.125. The lowest BCUT2D eigenvalue weighted by Gasteiger charge is -2.02. The molecule has 0 amide bonds. The fourth-order valence-electron chi connectivity index (χ4n) is 1.16. The van der Waals surface area contributed by atoms with Crippen molar-refractivity contribution in [3.05, 3.63) is 23.8 Å². The molecule has 2 rings (SSSR count). The predicted octanol–water partition coefficient (Wildman–Crippen LogP) is 2.63. The van der Waals surface area contributed by atoms with E-state index in [1.54, 1.807) is 11.9 Å². The van der Waals surface area contributed by atoms with Crippen LogP contribution in [0.3, 0.4) is 0 Å². The average molecular weight is 196 g/mol. The Bertz CT molecular complexity index is 312. The highest BCUT2D eigenvalue weighted by Gasteiger charge is 2.09. The van der Waals surface area contributed by atoms with Gasteiger partial charge in [0.2, 0.25) is 0 Å². The number of fused-ring (bicyclic) bond motifs is 1. The van der Waals surface area contributed by atoms with Crippen molar-refractivity contribution >= 4 is 41.0 Å². The topological polar surface area (TPSA) is 24.1 Å². The molecule has 0 aliphatic carbocycles. The molecule has 0 bridgehead atoms. The minimum atomic E-state index is 1.03. The van der Waals surface area contributed by atoms with Crippen molar-refractivity contribution in [1.29, 1.82) is 0 Å². The van der Waals surface area contributed by atoms with Crippen LogP contribution in [0.15, 0.2) is 18.2 Å². The molecule has 0 atom stereocenters. The first-order valence-corrected chi connectivity index (χ1v) is 5.07. The molecule has 0 radical (unpaired) electrons. The van der Waals surface area contributed by atoms with E-state index >= 15 is 0 Å². The monoisotopic (exact) mass is 196 g/mol. The van der Waals surface area contributed by atoms with Crippen molar-refractivity contribution in [2.45, 2.75) is 5.75 Å². The van der Waals surface area contributed by atoms with E-state index in [0.717, 1.165) is 11.4 Å². The van der Waals surface area contributed by atoms with Crippen LogP contribution < -0.4 is 10.0 Å². The van der Waals surface area contributed by atoms with Gasteiger partial charge in [0.1, 0.15) is 0 Å². The van der Waals surface area contributed by atoms with Crippen molar-refractivity contribution in [3.63, 3.8) is 0 Å². The van der Waals surface area contributed by atoms with Gasteiger partial charge in [0, 0.05) is 17.1 Å². The van der Waals surface area contributed by atoms with Crippen molar-refractivity contribution in [3.8, 4) is 0 Å². The Morgan fingerprint density at radius 3 is 3.33 bits per heavy atom. The summed E-state index contributed by atoms with van der Waals surface area (Å²) in [7, 11) is 0. The van der Waals surface area contributed by atoms with Gasteiger partial charge in [0.05, 0.1) is 5.49 Å². The maximum absolute atomic E-state index is 4.71. The number of thiocarbonyl (C=S) groups is 1. The Kier molecular flexibility index (Phi) is 2.19. The molecule has 1 aromatic rings. The van der Waals surface area contributed by atoms with Gasteiger partial charge in [-0.15, -0.1) is 0 Å². The molecule has 0 saturated heterocycles. The Morgan fingerprint density at radius 1 is 1.58 bits per heavy atom. The summed E-state index contributed by atoms with van der Waals surface area (Å²) < 4.78 is 3.22. The first-order valence-electron chi connectivity index (χ1n) is 3.61. The zero-order chi connectivity index (χ0) is 8.39. The van der Waals surface area contributed by atoms with E-state index in [2.05, 4.69) is 22.2 Å². The number of rotatable bonds is 2. The van der Waals surface area contributed by atoms with Crippen LogP contribution in [0.4, 0.5) is 11.4 Å². The molecule has 0 saturated carbocycles. The summed E-state index contributed by atoms with van der Waals surface area (Å²) >= 11 is 6.42. The third kappa shape index (κ3) is 1.40. The first-order chi connectivity index (χ1) is 5.90. The highest BCUT2D eigenvalue weighted by Crippen LogP contribution is 2.32. The van der Waals surface area contributed by atoms with Crippen molar-refractivity contribution in [2.24, 2.45) is 0 Å². The second-order valence-corrected chi connectivity index (χ2v) is 3.54. The lowest BCUT2D eigenvalue weighted by Crippen LogP contribution is -1.92. The van der Waals surface area contributed by atoms with Crippen molar-refractivity contribution in [2.75, 3.05) is 10.0 Å². The molecular weight excluding hydrogens is 188 g/mol. The molecule has 1 aromatic carbocycles. The molecule has 0 aromatic heterocycles. The number of nitrogens with one attached hydrogen (secondary N) is 2. The lowest BCUT2D eigenvalue weighted by atomic mass is 10.2. The molecule has 1 aliphatic rings. The fourth-order valence-corrected chi connectivity index (χ4v) is 2.12. The number of hydrogen-bond donors (Lipinski definition) is 2. The van der Waals surface area contributed by atoms with E-state index in [4.69, 9.17) is 12.2 Å². The second kappa shape index (κ2) is 3.33. The number of anilines is 2. The lowest BCUT2D eigenvalue weighted by molar-refractivity contribution is 1.46. The number of benzene rings is 1. The van der Waals surface area contributed by atoms with Gasteiger partial charge in [-0.05, 0) is 35.7 Å². The third-order valence-corrected chi connectivity index (χ3v) is 2.68. The van der Waals surface area contributed by atoms with Gasteiger partial charge in [-0.25, -0.2) is 0 Å². The molecule has 0 unspecified atom stereocenters. The van der Waals surface area contributed by atoms with Crippen LogP contribution in [0.1, 0.15) is 5.56 Å². The molecule has 4 heteroatoms. The molecule has 2 N–H and O–H groups in total. The zero-order valence-corrected chi connectivity index (χ0v) is 7.97. The van der Waals surface area contributed by atoms with E-state index in [-0.39, 0.29) is 0 Å². The van der Waals surface area contributed by atoms with E-state index in [0.29, 0.717) is 0 Å².